The molecule has 3 aromatic heterocycles. The Morgan fingerprint density at radius 3 is 1.64 bits per heavy atom. The van der Waals surface area contributed by atoms with Crippen LogP contribution in [0.3, 0.4) is 0 Å². The molecule has 3 heteroatoms. The zero-order valence-corrected chi connectivity index (χ0v) is 26.3. The van der Waals surface area contributed by atoms with Crippen LogP contribution in [0.5, 0.6) is 0 Å². The van der Waals surface area contributed by atoms with Gasteiger partial charge in [-0.1, -0.05) is 127 Å². The van der Waals surface area contributed by atoms with E-state index in [-0.39, 0.29) is 0 Å². The van der Waals surface area contributed by atoms with Crippen molar-refractivity contribution in [2.45, 2.75) is 0 Å². The number of hydrogen-bond acceptors (Lipinski definition) is 1. The van der Waals surface area contributed by atoms with Crippen molar-refractivity contribution in [1.82, 2.24) is 9.13 Å². The second kappa shape index (κ2) is 10.3. The number of para-hydroxylation sites is 4. The van der Waals surface area contributed by atoms with Crippen molar-refractivity contribution in [1.29, 1.82) is 0 Å². The molecule has 2 nitrogen and oxygen atoms in total. The van der Waals surface area contributed by atoms with E-state index in [9.17, 15) is 0 Å². The highest BCUT2D eigenvalue weighted by molar-refractivity contribution is 7.27. The Kier molecular flexibility index (Phi) is 5.78. The number of benzene rings is 7. The molecular formula is C44H28N2S. The maximum absolute atomic E-state index is 2.43. The molecule has 0 fully saturated rings. The van der Waals surface area contributed by atoms with Crippen LogP contribution in [-0.4, -0.2) is 9.13 Å². The first-order chi connectivity index (χ1) is 23.3. The average molecular weight is 617 g/mol. The Labute approximate surface area is 276 Å². The van der Waals surface area contributed by atoms with Crippen molar-refractivity contribution in [2.75, 3.05) is 0 Å². The Morgan fingerprint density at radius 1 is 0.340 bits per heavy atom. The minimum atomic E-state index is 1.18. The third kappa shape index (κ3) is 3.97. The zero-order valence-electron chi connectivity index (χ0n) is 25.5. The third-order valence-corrected chi connectivity index (χ3v) is 10.8. The van der Waals surface area contributed by atoms with Crippen molar-refractivity contribution in [3.8, 4) is 33.6 Å². The van der Waals surface area contributed by atoms with E-state index in [1.165, 1.54) is 86.6 Å². The van der Waals surface area contributed by atoms with E-state index >= 15 is 0 Å². The summed E-state index contributed by atoms with van der Waals surface area (Å²) in [5, 5.41) is 5.15. The second-order valence-corrected chi connectivity index (χ2v) is 13.2. The van der Waals surface area contributed by atoms with Crippen LogP contribution in [0.4, 0.5) is 0 Å². The summed E-state index contributed by atoms with van der Waals surface area (Å²) in [6, 6.07) is 61.7. The van der Waals surface area contributed by atoms with Crippen LogP contribution in [0.1, 0.15) is 0 Å². The van der Waals surface area contributed by atoms with E-state index in [1.807, 2.05) is 11.3 Å². The van der Waals surface area contributed by atoms with Gasteiger partial charge in [0.2, 0.25) is 0 Å². The molecule has 0 bridgehead atoms. The Hall–Kier alpha value is -5.90. The highest BCUT2D eigenvalue weighted by Crippen LogP contribution is 2.45. The first kappa shape index (κ1) is 26.3. The molecule has 0 aliphatic heterocycles. The summed E-state index contributed by atoms with van der Waals surface area (Å²) < 4.78 is 7.48. The molecule has 0 aliphatic carbocycles. The first-order valence-corrected chi connectivity index (χ1v) is 16.8. The van der Waals surface area contributed by atoms with Gasteiger partial charge in [0.05, 0.1) is 26.8 Å². The summed E-state index contributed by atoms with van der Waals surface area (Å²) in [5.41, 5.74) is 12.3. The van der Waals surface area contributed by atoms with Crippen LogP contribution >= 0.6 is 11.3 Å². The first-order valence-electron chi connectivity index (χ1n) is 16.0. The van der Waals surface area contributed by atoms with Gasteiger partial charge in [-0.15, -0.1) is 11.3 Å². The molecule has 0 atom stereocenters. The second-order valence-electron chi connectivity index (χ2n) is 12.1. The molecule has 10 rings (SSSR count). The molecule has 10 aromatic rings. The summed E-state index contributed by atoms with van der Waals surface area (Å²) in [6.07, 6.45) is 0. The smallest absolute Gasteiger partial charge is 0.0727 e. The van der Waals surface area contributed by atoms with E-state index in [0.29, 0.717) is 0 Å². The monoisotopic (exact) mass is 616 g/mol. The highest BCUT2D eigenvalue weighted by Gasteiger charge is 2.19. The fourth-order valence-corrected chi connectivity index (χ4v) is 8.77. The summed E-state index contributed by atoms with van der Waals surface area (Å²) in [7, 11) is 0. The molecule has 0 saturated heterocycles. The molecule has 0 unspecified atom stereocenters. The number of rotatable bonds is 4. The van der Waals surface area contributed by atoms with Gasteiger partial charge in [0.25, 0.3) is 0 Å². The fourth-order valence-electron chi connectivity index (χ4n) is 7.41. The lowest BCUT2D eigenvalue weighted by Crippen LogP contribution is -1.93. The van der Waals surface area contributed by atoms with Gasteiger partial charge in [-0.2, -0.15) is 0 Å². The van der Waals surface area contributed by atoms with Gasteiger partial charge in [0.15, 0.2) is 0 Å². The summed E-state index contributed by atoms with van der Waals surface area (Å²) in [4.78, 5) is 0. The summed E-state index contributed by atoms with van der Waals surface area (Å²) >= 11 is 1.91. The van der Waals surface area contributed by atoms with Crippen LogP contribution < -0.4 is 0 Å². The Bertz CT molecular complexity index is 2760. The van der Waals surface area contributed by atoms with Crippen LogP contribution in [0.2, 0.25) is 0 Å². The Morgan fingerprint density at radius 2 is 0.894 bits per heavy atom. The van der Waals surface area contributed by atoms with Crippen LogP contribution in [0.25, 0.3) is 86.6 Å². The van der Waals surface area contributed by atoms with E-state index < -0.39 is 0 Å². The molecule has 0 saturated carbocycles. The molecule has 47 heavy (non-hydrogen) atoms. The number of fused-ring (bicyclic) bond motifs is 8. The topological polar surface area (TPSA) is 9.86 Å². The number of aromatic nitrogens is 2. The molecular weight excluding hydrogens is 589 g/mol. The lowest BCUT2D eigenvalue weighted by Gasteiger charge is -2.10. The molecule has 3 heterocycles. The molecule has 0 N–H and O–H groups in total. The lowest BCUT2D eigenvalue weighted by atomic mass is 9.98. The molecule has 0 spiro atoms. The molecule has 0 amide bonds. The van der Waals surface area contributed by atoms with Gasteiger partial charge in [0.1, 0.15) is 0 Å². The summed E-state index contributed by atoms with van der Waals surface area (Å²) in [6.45, 7) is 0. The number of hydrogen-bond donors (Lipinski definition) is 0. The fraction of sp³-hybridized carbons (Fsp3) is 0. The van der Waals surface area contributed by atoms with E-state index in [0.717, 1.165) is 0 Å². The van der Waals surface area contributed by atoms with Crippen LogP contribution in [0, 0.1) is 0 Å². The van der Waals surface area contributed by atoms with Crippen molar-refractivity contribution in [3.63, 3.8) is 0 Å². The molecule has 220 valence electrons. The molecule has 0 radical (unpaired) electrons. The van der Waals surface area contributed by atoms with Gasteiger partial charge < -0.3 is 9.13 Å². The zero-order chi connectivity index (χ0) is 30.9. The SMILES string of the molecule is c1ccc(-n2c3ccccc3c3ccc(-c4ccc(-c5cccc6c5sc5c7ccccc7n(-c7ccccc7)c65)cc4)cc32)cc1. The van der Waals surface area contributed by atoms with Gasteiger partial charge >= 0.3 is 0 Å². The number of nitrogens with zero attached hydrogens (tertiary/aromatic N) is 2. The quantitative estimate of drug-likeness (QED) is 0.186. The average Bonchev–Trinajstić information content (AvgIpc) is 3.79. The van der Waals surface area contributed by atoms with Crippen molar-refractivity contribution in [3.05, 3.63) is 170 Å². The Balaban J connectivity index is 1.11. The molecule has 0 aliphatic rings. The minimum absolute atomic E-state index is 1.18. The predicted octanol–water partition coefficient (Wildman–Crippen LogP) is 12.4. The minimum Gasteiger partial charge on any atom is -0.309 e. The van der Waals surface area contributed by atoms with E-state index in [4.69, 9.17) is 0 Å². The van der Waals surface area contributed by atoms with Gasteiger partial charge in [-0.05, 0) is 64.7 Å². The standard InChI is InChI=1S/C44H28N2S/c1-3-12-32(13-4-1)45-39-20-9-7-16-35(39)36-27-26-31(28-41(36)45)29-22-24-30(25-23-29)34-18-11-19-38-42-44(47-43(34)38)37-17-8-10-21-40(37)46(42)33-14-5-2-6-15-33/h1-28H. The van der Waals surface area contributed by atoms with E-state index in [2.05, 4.69) is 179 Å². The van der Waals surface area contributed by atoms with Gasteiger partial charge in [-0.3, -0.25) is 0 Å². The normalized spacial score (nSPS) is 11.8. The van der Waals surface area contributed by atoms with Gasteiger partial charge in [-0.25, -0.2) is 0 Å². The number of thiophene rings is 1. The maximum Gasteiger partial charge on any atom is 0.0727 e. The van der Waals surface area contributed by atoms with Crippen molar-refractivity contribution in [2.24, 2.45) is 0 Å². The predicted molar refractivity (Wildman–Crippen MR) is 201 cm³/mol. The van der Waals surface area contributed by atoms with Gasteiger partial charge in [0, 0.05) is 37.6 Å². The maximum atomic E-state index is 2.43. The lowest BCUT2D eigenvalue weighted by molar-refractivity contribution is 1.18. The summed E-state index contributed by atoms with van der Waals surface area (Å²) in [5.74, 6) is 0. The van der Waals surface area contributed by atoms with Crippen molar-refractivity contribution >= 4 is 64.3 Å². The van der Waals surface area contributed by atoms with Crippen molar-refractivity contribution < 1.29 is 0 Å². The highest BCUT2D eigenvalue weighted by atomic mass is 32.1. The van der Waals surface area contributed by atoms with E-state index in [1.54, 1.807) is 0 Å². The third-order valence-electron chi connectivity index (χ3n) is 9.53. The van der Waals surface area contributed by atoms with Crippen LogP contribution in [-0.2, 0) is 0 Å². The van der Waals surface area contributed by atoms with Crippen LogP contribution in [0.15, 0.2) is 170 Å². The largest absolute Gasteiger partial charge is 0.309 e. The molecule has 7 aromatic carbocycles.